The minimum absolute atomic E-state index is 0.539. The fourth-order valence-corrected chi connectivity index (χ4v) is 2.95. The lowest BCUT2D eigenvalue weighted by Crippen LogP contribution is -2.39. The summed E-state index contributed by atoms with van der Waals surface area (Å²) in [6, 6.07) is 8.32. The Morgan fingerprint density at radius 3 is 2.71 bits per heavy atom. The van der Waals surface area contributed by atoms with E-state index in [0.29, 0.717) is 25.0 Å². The van der Waals surface area contributed by atoms with Crippen molar-refractivity contribution in [3.8, 4) is 5.75 Å². The molecule has 0 aromatic heterocycles. The highest BCUT2D eigenvalue weighted by Gasteiger charge is 2.15. The van der Waals surface area contributed by atoms with Gasteiger partial charge in [0.05, 0.1) is 19.8 Å². The molecule has 1 atom stereocenters. The van der Waals surface area contributed by atoms with Crippen molar-refractivity contribution < 1.29 is 14.2 Å². The molecule has 1 fully saturated rings. The van der Waals surface area contributed by atoms with E-state index in [0.717, 1.165) is 64.1 Å². The number of guanidine groups is 1. The van der Waals surface area contributed by atoms with Gasteiger partial charge in [0.1, 0.15) is 12.4 Å². The number of hydrogen-bond acceptors (Lipinski definition) is 4. The molecule has 1 aromatic carbocycles. The maximum atomic E-state index is 5.80. The lowest BCUT2D eigenvalue weighted by atomic mass is 10.0. The average molecular weight is 392 g/mol. The van der Waals surface area contributed by atoms with Gasteiger partial charge in [-0.05, 0) is 43.4 Å². The molecule has 2 rings (SSSR count). The Balaban J connectivity index is 1.58. The summed E-state index contributed by atoms with van der Waals surface area (Å²) in [6.07, 6.45) is 2.04. The number of nitrogens with zero attached hydrogens (tertiary/aromatic N) is 1. The normalized spacial score (nSPS) is 17.1. The van der Waals surface area contributed by atoms with E-state index in [1.54, 1.807) is 0 Å². The summed E-state index contributed by atoms with van der Waals surface area (Å²) in [5.41, 5.74) is 1.33. The average Bonchev–Trinajstić information content (AvgIpc) is 3.21. The van der Waals surface area contributed by atoms with E-state index < -0.39 is 0 Å². The highest BCUT2D eigenvalue weighted by Crippen LogP contribution is 2.18. The zero-order valence-corrected chi connectivity index (χ0v) is 17.7. The number of nitrogens with one attached hydrogen (secondary N) is 2. The molecule has 0 spiro atoms. The third kappa shape index (κ3) is 8.93. The number of aliphatic imine (C=N–C) groups is 1. The molecule has 0 aliphatic carbocycles. The predicted octanol–water partition coefficient (Wildman–Crippen LogP) is 3.19. The number of hydrogen-bond donors (Lipinski definition) is 2. The molecule has 0 amide bonds. The molecule has 158 valence electrons. The molecular formula is C22H37N3O3. The summed E-state index contributed by atoms with van der Waals surface area (Å²) in [6.45, 7) is 12.6. The van der Waals surface area contributed by atoms with Crippen molar-refractivity contribution in [1.29, 1.82) is 0 Å². The largest absolute Gasteiger partial charge is 0.492 e. The zero-order valence-electron chi connectivity index (χ0n) is 17.7. The van der Waals surface area contributed by atoms with Crippen LogP contribution in [0.15, 0.2) is 29.3 Å². The molecule has 0 radical (unpaired) electrons. The van der Waals surface area contributed by atoms with Crippen molar-refractivity contribution in [3.63, 3.8) is 0 Å². The van der Waals surface area contributed by atoms with Crippen LogP contribution in [0.25, 0.3) is 0 Å². The van der Waals surface area contributed by atoms with Gasteiger partial charge in [-0.2, -0.15) is 0 Å². The first-order valence-corrected chi connectivity index (χ1v) is 10.6. The van der Waals surface area contributed by atoms with Gasteiger partial charge < -0.3 is 24.8 Å². The van der Waals surface area contributed by atoms with Gasteiger partial charge in [0.15, 0.2) is 5.96 Å². The van der Waals surface area contributed by atoms with Crippen LogP contribution in [0.2, 0.25) is 0 Å². The first-order valence-electron chi connectivity index (χ1n) is 10.6. The van der Waals surface area contributed by atoms with Crippen molar-refractivity contribution >= 4 is 5.96 Å². The van der Waals surface area contributed by atoms with Crippen LogP contribution in [0.5, 0.6) is 5.75 Å². The van der Waals surface area contributed by atoms with Crippen LogP contribution in [0.1, 0.15) is 45.1 Å². The first-order chi connectivity index (χ1) is 13.7. The summed E-state index contributed by atoms with van der Waals surface area (Å²) in [4.78, 5) is 4.59. The molecule has 6 heteroatoms. The minimum Gasteiger partial charge on any atom is -0.492 e. The van der Waals surface area contributed by atoms with Gasteiger partial charge in [0, 0.05) is 32.2 Å². The quantitative estimate of drug-likeness (QED) is 0.325. The van der Waals surface area contributed by atoms with Gasteiger partial charge in [-0.1, -0.05) is 26.0 Å². The molecule has 0 bridgehead atoms. The Hall–Kier alpha value is -1.79. The lowest BCUT2D eigenvalue weighted by Gasteiger charge is -2.13. The summed E-state index contributed by atoms with van der Waals surface area (Å²) in [5, 5.41) is 6.58. The molecule has 1 heterocycles. The number of ether oxygens (including phenoxy) is 3. The van der Waals surface area contributed by atoms with Crippen LogP contribution in [0, 0.1) is 5.92 Å². The van der Waals surface area contributed by atoms with E-state index in [2.05, 4.69) is 48.5 Å². The zero-order chi connectivity index (χ0) is 20.0. The third-order valence-electron chi connectivity index (χ3n) is 4.65. The van der Waals surface area contributed by atoms with E-state index in [9.17, 15) is 0 Å². The van der Waals surface area contributed by atoms with Crippen LogP contribution in [0.4, 0.5) is 0 Å². The molecule has 2 N–H and O–H groups in total. The van der Waals surface area contributed by atoms with Gasteiger partial charge in [-0.25, -0.2) is 0 Å². The summed E-state index contributed by atoms with van der Waals surface area (Å²) in [5.74, 6) is 2.84. The Morgan fingerprint density at radius 1 is 1.21 bits per heavy atom. The topological polar surface area (TPSA) is 64.1 Å². The van der Waals surface area contributed by atoms with Crippen molar-refractivity contribution in [1.82, 2.24) is 10.6 Å². The van der Waals surface area contributed by atoms with Crippen LogP contribution in [-0.2, 0) is 9.47 Å². The van der Waals surface area contributed by atoms with Crippen molar-refractivity contribution in [3.05, 3.63) is 29.8 Å². The second-order valence-corrected chi connectivity index (χ2v) is 7.42. The Labute approximate surface area is 170 Å². The summed E-state index contributed by atoms with van der Waals surface area (Å²) in [7, 11) is 0. The fraction of sp³-hybridized carbons (Fsp3) is 0.682. The SMILES string of the molecule is CCNC(=NCCCOCC1CCOC1)NCCOc1ccc(C(C)C)cc1. The minimum atomic E-state index is 0.539. The molecule has 6 nitrogen and oxygen atoms in total. The smallest absolute Gasteiger partial charge is 0.191 e. The Kier molecular flexibility index (Phi) is 10.8. The summed E-state index contributed by atoms with van der Waals surface area (Å²) >= 11 is 0. The lowest BCUT2D eigenvalue weighted by molar-refractivity contribution is 0.0893. The molecule has 1 saturated heterocycles. The fourth-order valence-electron chi connectivity index (χ4n) is 2.95. The van der Waals surface area contributed by atoms with Gasteiger partial charge in [0.2, 0.25) is 0 Å². The Bertz CT molecular complexity index is 555. The van der Waals surface area contributed by atoms with E-state index in [1.807, 2.05) is 12.1 Å². The van der Waals surface area contributed by atoms with Crippen molar-refractivity contribution in [2.24, 2.45) is 10.9 Å². The molecular weight excluding hydrogens is 354 g/mol. The maximum Gasteiger partial charge on any atom is 0.191 e. The molecule has 1 unspecified atom stereocenters. The van der Waals surface area contributed by atoms with Crippen LogP contribution in [0.3, 0.4) is 0 Å². The second-order valence-electron chi connectivity index (χ2n) is 7.42. The second kappa shape index (κ2) is 13.4. The first kappa shape index (κ1) is 22.5. The third-order valence-corrected chi connectivity index (χ3v) is 4.65. The van der Waals surface area contributed by atoms with Crippen LogP contribution >= 0.6 is 0 Å². The molecule has 1 aromatic rings. The number of benzene rings is 1. The maximum absolute atomic E-state index is 5.80. The molecule has 1 aliphatic rings. The molecule has 1 aliphatic heterocycles. The Morgan fingerprint density at radius 2 is 2.04 bits per heavy atom. The van der Waals surface area contributed by atoms with Gasteiger partial charge in [-0.3, -0.25) is 4.99 Å². The van der Waals surface area contributed by atoms with E-state index in [1.165, 1.54) is 5.56 Å². The van der Waals surface area contributed by atoms with E-state index >= 15 is 0 Å². The van der Waals surface area contributed by atoms with Gasteiger partial charge in [0.25, 0.3) is 0 Å². The molecule has 0 saturated carbocycles. The van der Waals surface area contributed by atoms with Gasteiger partial charge in [-0.15, -0.1) is 0 Å². The highest BCUT2D eigenvalue weighted by atomic mass is 16.5. The predicted molar refractivity (Wildman–Crippen MR) is 114 cm³/mol. The van der Waals surface area contributed by atoms with Gasteiger partial charge >= 0.3 is 0 Å². The van der Waals surface area contributed by atoms with Crippen LogP contribution < -0.4 is 15.4 Å². The standard InChI is InChI=1S/C22H37N3O3/c1-4-23-22(24-11-5-13-26-16-19-10-14-27-17-19)25-12-15-28-21-8-6-20(7-9-21)18(2)3/h6-9,18-19H,4-5,10-17H2,1-3H3,(H2,23,24,25). The molecule has 28 heavy (non-hydrogen) atoms. The van der Waals surface area contributed by atoms with E-state index in [4.69, 9.17) is 14.2 Å². The van der Waals surface area contributed by atoms with Crippen LogP contribution in [-0.4, -0.2) is 58.6 Å². The monoisotopic (exact) mass is 391 g/mol. The highest BCUT2D eigenvalue weighted by molar-refractivity contribution is 5.79. The summed E-state index contributed by atoms with van der Waals surface area (Å²) < 4.78 is 16.9. The number of rotatable bonds is 12. The van der Waals surface area contributed by atoms with Crippen molar-refractivity contribution in [2.75, 3.05) is 52.7 Å². The van der Waals surface area contributed by atoms with E-state index in [-0.39, 0.29) is 0 Å². The van der Waals surface area contributed by atoms with Crippen molar-refractivity contribution in [2.45, 2.75) is 39.5 Å².